The molecule has 1 aromatic heterocycles. The van der Waals surface area contributed by atoms with Crippen molar-refractivity contribution in [3.05, 3.63) is 16.1 Å². The van der Waals surface area contributed by atoms with Gasteiger partial charge in [0, 0.05) is 38.0 Å². The molecule has 1 aliphatic rings. The fourth-order valence-electron chi connectivity index (χ4n) is 2.39. The van der Waals surface area contributed by atoms with E-state index in [4.69, 9.17) is 0 Å². The average molecular weight is 451 g/mol. The predicted octanol–water partition coefficient (Wildman–Crippen LogP) is 1.79. The Balaban J connectivity index is 0.00000264. The summed E-state index contributed by atoms with van der Waals surface area (Å²) < 4.78 is 0. The van der Waals surface area contributed by atoms with Crippen molar-refractivity contribution in [3.8, 4) is 0 Å². The van der Waals surface area contributed by atoms with Gasteiger partial charge in [0.2, 0.25) is 5.91 Å². The molecule has 1 fully saturated rings. The Bertz CT molecular complexity index is 514. The number of nitrogens with one attached hydrogen (secondary N) is 2. The molecule has 1 aliphatic heterocycles. The van der Waals surface area contributed by atoms with E-state index in [0.29, 0.717) is 5.96 Å². The molecule has 0 radical (unpaired) electrons. The topological polar surface area (TPSA) is 69.6 Å². The Labute approximate surface area is 159 Å². The number of aryl methyl sites for hydroxylation is 1. The molecule has 0 bridgehead atoms. The first-order valence-corrected chi connectivity index (χ1v) is 8.78. The average Bonchev–Trinajstić information content (AvgIpc) is 3.16. The van der Waals surface area contributed by atoms with Crippen LogP contribution in [0.5, 0.6) is 0 Å². The van der Waals surface area contributed by atoms with Gasteiger partial charge in [-0.1, -0.05) is 0 Å². The van der Waals surface area contributed by atoms with Gasteiger partial charge >= 0.3 is 0 Å². The van der Waals surface area contributed by atoms with Crippen LogP contribution in [0.3, 0.4) is 0 Å². The van der Waals surface area contributed by atoms with Crippen molar-refractivity contribution in [2.45, 2.75) is 33.1 Å². The fourth-order valence-corrected chi connectivity index (χ4v) is 3.03. The summed E-state index contributed by atoms with van der Waals surface area (Å²) in [6, 6.07) is 0. The van der Waals surface area contributed by atoms with Crippen LogP contribution in [-0.4, -0.2) is 54.5 Å². The first kappa shape index (κ1) is 20.1. The second-order valence-electron chi connectivity index (χ2n) is 5.32. The van der Waals surface area contributed by atoms with Crippen LogP contribution >= 0.6 is 35.3 Å². The molecular weight excluding hydrogens is 425 g/mol. The lowest BCUT2D eigenvalue weighted by Gasteiger charge is -2.15. The summed E-state index contributed by atoms with van der Waals surface area (Å²) in [7, 11) is 0. The molecule has 6 nitrogen and oxygen atoms in total. The van der Waals surface area contributed by atoms with Crippen molar-refractivity contribution in [2.24, 2.45) is 4.99 Å². The Morgan fingerprint density at radius 2 is 2.13 bits per heavy atom. The van der Waals surface area contributed by atoms with E-state index in [2.05, 4.69) is 26.0 Å². The smallest absolute Gasteiger partial charge is 0.244 e. The third kappa shape index (κ3) is 7.03. The lowest BCUT2D eigenvalue weighted by molar-refractivity contribution is -0.128. The van der Waals surface area contributed by atoms with Gasteiger partial charge in [0.25, 0.3) is 0 Å². The fraction of sp³-hybridized carbons (Fsp3) is 0.667. The monoisotopic (exact) mass is 451 g/mol. The number of nitrogens with zero attached hydrogens (tertiary/aromatic N) is 3. The van der Waals surface area contributed by atoms with E-state index >= 15 is 0 Å². The minimum absolute atomic E-state index is 0. The zero-order valence-corrected chi connectivity index (χ0v) is 16.9. The van der Waals surface area contributed by atoms with Crippen LogP contribution in [0.1, 0.15) is 30.5 Å². The maximum Gasteiger partial charge on any atom is 0.244 e. The van der Waals surface area contributed by atoms with Crippen molar-refractivity contribution in [1.82, 2.24) is 20.5 Å². The van der Waals surface area contributed by atoms with Crippen molar-refractivity contribution < 1.29 is 4.79 Å². The minimum atomic E-state index is 0. The van der Waals surface area contributed by atoms with Gasteiger partial charge in [-0.15, -0.1) is 35.3 Å². The number of hydrogen-bond acceptors (Lipinski definition) is 4. The molecule has 0 unspecified atom stereocenters. The van der Waals surface area contributed by atoms with Crippen LogP contribution in [0, 0.1) is 6.92 Å². The lowest BCUT2D eigenvalue weighted by atomic mass is 10.3. The number of halogens is 1. The SMILES string of the molecule is CCNC(=NCC(=O)N1CCCC1)NCCc1csc(C)n1.I. The van der Waals surface area contributed by atoms with E-state index < -0.39 is 0 Å². The summed E-state index contributed by atoms with van der Waals surface area (Å²) in [6.07, 6.45) is 3.08. The summed E-state index contributed by atoms with van der Waals surface area (Å²) >= 11 is 1.67. The van der Waals surface area contributed by atoms with E-state index in [1.165, 1.54) is 0 Å². The van der Waals surface area contributed by atoms with Gasteiger partial charge in [-0.2, -0.15) is 0 Å². The largest absolute Gasteiger partial charge is 0.357 e. The molecule has 1 amide bonds. The maximum absolute atomic E-state index is 12.0. The number of aliphatic imine (C=N–C) groups is 1. The predicted molar refractivity (Wildman–Crippen MR) is 106 cm³/mol. The van der Waals surface area contributed by atoms with Crippen LogP contribution in [-0.2, 0) is 11.2 Å². The van der Waals surface area contributed by atoms with Gasteiger partial charge in [0.15, 0.2) is 5.96 Å². The lowest BCUT2D eigenvalue weighted by Crippen LogP contribution is -2.39. The number of carbonyl (C=O) groups is 1. The molecule has 0 saturated carbocycles. The van der Waals surface area contributed by atoms with E-state index in [9.17, 15) is 4.79 Å². The molecule has 2 N–H and O–H groups in total. The highest BCUT2D eigenvalue weighted by Gasteiger charge is 2.17. The van der Waals surface area contributed by atoms with Crippen molar-refractivity contribution in [3.63, 3.8) is 0 Å². The van der Waals surface area contributed by atoms with Crippen molar-refractivity contribution in [1.29, 1.82) is 0 Å². The first-order valence-electron chi connectivity index (χ1n) is 7.90. The van der Waals surface area contributed by atoms with Crippen molar-refractivity contribution >= 4 is 47.2 Å². The second kappa shape index (κ2) is 10.8. The number of guanidine groups is 1. The summed E-state index contributed by atoms with van der Waals surface area (Å²) in [6.45, 7) is 7.53. The molecule has 2 rings (SSSR count). The van der Waals surface area contributed by atoms with Crippen LogP contribution in [0.2, 0.25) is 0 Å². The molecule has 0 atom stereocenters. The Morgan fingerprint density at radius 3 is 2.74 bits per heavy atom. The molecular formula is C15H26IN5OS. The normalized spacial score (nSPS) is 14.5. The third-order valence-electron chi connectivity index (χ3n) is 3.52. The highest BCUT2D eigenvalue weighted by Crippen LogP contribution is 2.08. The molecule has 130 valence electrons. The Hall–Kier alpha value is -0.900. The molecule has 0 aliphatic carbocycles. The van der Waals surface area contributed by atoms with Crippen LogP contribution in [0.4, 0.5) is 0 Å². The standard InChI is InChI=1S/C15H25N5OS.HI/c1-3-16-15(17-7-6-13-11-22-12(2)19-13)18-10-14(21)20-8-4-5-9-20;/h11H,3-10H2,1-2H3,(H2,16,17,18);1H. The molecule has 1 aromatic rings. The highest BCUT2D eigenvalue weighted by atomic mass is 127. The van der Waals surface area contributed by atoms with Crippen LogP contribution in [0.15, 0.2) is 10.4 Å². The number of amides is 1. The summed E-state index contributed by atoms with van der Waals surface area (Å²) in [5.41, 5.74) is 1.10. The van der Waals surface area contributed by atoms with Crippen LogP contribution < -0.4 is 10.6 Å². The number of thiazole rings is 1. The third-order valence-corrected chi connectivity index (χ3v) is 4.34. The zero-order chi connectivity index (χ0) is 15.8. The summed E-state index contributed by atoms with van der Waals surface area (Å²) in [5.74, 6) is 0.812. The summed E-state index contributed by atoms with van der Waals surface area (Å²) in [5, 5.41) is 9.60. The van der Waals surface area contributed by atoms with E-state index in [1.54, 1.807) is 11.3 Å². The number of aromatic nitrogens is 1. The Morgan fingerprint density at radius 1 is 1.39 bits per heavy atom. The second-order valence-corrected chi connectivity index (χ2v) is 6.38. The zero-order valence-electron chi connectivity index (χ0n) is 13.8. The molecule has 0 aromatic carbocycles. The number of rotatable bonds is 6. The van der Waals surface area contributed by atoms with Gasteiger partial charge < -0.3 is 15.5 Å². The molecule has 2 heterocycles. The molecule has 0 spiro atoms. The van der Waals surface area contributed by atoms with Crippen LogP contribution in [0.25, 0.3) is 0 Å². The summed E-state index contributed by atoms with van der Waals surface area (Å²) in [4.78, 5) is 22.7. The van der Waals surface area contributed by atoms with Crippen molar-refractivity contribution in [2.75, 3.05) is 32.7 Å². The van der Waals surface area contributed by atoms with Gasteiger partial charge in [-0.3, -0.25) is 4.79 Å². The maximum atomic E-state index is 12.0. The van der Waals surface area contributed by atoms with Gasteiger partial charge in [-0.05, 0) is 26.7 Å². The highest BCUT2D eigenvalue weighted by molar-refractivity contribution is 14.0. The quantitative estimate of drug-likeness (QED) is 0.393. The van der Waals surface area contributed by atoms with E-state index in [0.717, 1.165) is 56.1 Å². The molecule has 8 heteroatoms. The number of carbonyl (C=O) groups excluding carboxylic acids is 1. The van der Waals surface area contributed by atoms with Gasteiger partial charge in [0.1, 0.15) is 6.54 Å². The number of likely N-dealkylation sites (tertiary alicyclic amines) is 1. The first-order chi connectivity index (χ1) is 10.7. The molecule has 1 saturated heterocycles. The number of hydrogen-bond donors (Lipinski definition) is 2. The van der Waals surface area contributed by atoms with Gasteiger partial charge in [0.05, 0.1) is 10.7 Å². The Kier molecular flexibility index (Phi) is 9.46. The van der Waals surface area contributed by atoms with E-state index in [-0.39, 0.29) is 36.4 Å². The van der Waals surface area contributed by atoms with Gasteiger partial charge in [-0.25, -0.2) is 9.98 Å². The molecule has 23 heavy (non-hydrogen) atoms. The van der Waals surface area contributed by atoms with E-state index in [1.807, 2.05) is 18.7 Å². The minimum Gasteiger partial charge on any atom is -0.357 e.